The molecule has 15 heavy (non-hydrogen) atoms. The van der Waals surface area contributed by atoms with Crippen molar-refractivity contribution in [3.05, 3.63) is 0 Å². The van der Waals surface area contributed by atoms with Gasteiger partial charge in [-0.2, -0.15) is 12.6 Å². The number of hydrogen-bond donors (Lipinski definition) is 1. The highest BCUT2D eigenvalue weighted by Crippen LogP contribution is 2.33. The summed E-state index contributed by atoms with van der Waals surface area (Å²) in [6, 6.07) is 0. The molecule has 1 fully saturated rings. The first kappa shape index (κ1) is 12.6. The zero-order valence-electron chi connectivity index (χ0n) is 9.83. The minimum Gasteiger partial charge on any atom is -0.282 e. The molecule has 0 radical (unpaired) electrons. The van der Waals surface area contributed by atoms with Gasteiger partial charge < -0.3 is 0 Å². The Kier molecular flexibility index (Phi) is 3.19. The number of hydrogen-bond acceptors (Lipinski definition) is 3. The minimum absolute atomic E-state index is 0.0534. The molecule has 1 aliphatic rings. The summed E-state index contributed by atoms with van der Waals surface area (Å²) in [6.45, 7) is 8.12. The van der Waals surface area contributed by atoms with Crippen LogP contribution >= 0.6 is 12.6 Å². The maximum Gasteiger partial charge on any atom is 0.235 e. The van der Waals surface area contributed by atoms with Crippen LogP contribution in [0.15, 0.2) is 0 Å². The summed E-state index contributed by atoms with van der Waals surface area (Å²) in [5.74, 6) is 0.548. The summed E-state index contributed by atoms with van der Waals surface area (Å²) in [4.78, 5) is 25.0. The molecule has 1 rings (SSSR count). The number of thiol groups is 1. The van der Waals surface area contributed by atoms with Gasteiger partial charge in [-0.1, -0.05) is 27.7 Å². The van der Waals surface area contributed by atoms with Gasteiger partial charge in [0, 0.05) is 13.0 Å². The zero-order valence-corrected chi connectivity index (χ0v) is 10.7. The van der Waals surface area contributed by atoms with Crippen LogP contribution in [0.5, 0.6) is 0 Å². The van der Waals surface area contributed by atoms with Crippen LogP contribution in [0.1, 0.15) is 34.1 Å². The lowest BCUT2D eigenvalue weighted by atomic mass is 9.91. The quantitative estimate of drug-likeness (QED) is 0.591. The molecule has 0 aromatic carbocycles. The first-order valence-electron chi connectivity index (χ1n) is 5.15. The molecular formula is C11H19NO2S. The van der Waals surface area contributed by atoms with E-state index in [2.05, 4.69) is 12.6 Å². The number of likely N-dealkylation sites (tertiary alicyclic amines) is 1. The number of carbonyl (C=O) groups excluding carboxylic acids is 2. The Balaban J connectivity index is 2.81. The van der Waals surface area contributed by atoms with Crippen LogP contribution in [0.25, 0.3) is 0 Å². The monoisotopic (exact) mass is 229 g/mol. The van der Waals surface area contributed by atoms with Crippen molar-refractivity contribution in [2.75, 3.05) is 12.3 Å². The fourth-order valence-corrected chi connectivity index (χ4v) is 1.77. The highest BCUT2D eigenvalue weighted by molar-refractivity contribution is 7.80. The predicted octanol–water partition coefficient (Wildman–Crippen LogP) is 1.73. The van der Waals surface area contributed by atoms with Gasteiger partial charge in [-0.25, -0.2) is 0 Å². The lowest BCUT2D eigenvalue weighted by Gasteiger charge is -2.28. The Bertz CT molecular complexity index is 297. The van der Waals surface area contributed by atoms with Gasteiger partial charge in [-0.3, -0.25) is 14.5 Å². The standard InChI is InChI=1S/C11H19NO2S/c1-10(2,7-15)6-12-8(13)5-11(3,4)9(12)14/h15H,5-7H2,1-4H3. The van der Waals surface area contributed by atoms with E-state index in [-0.39, 0.29) is 17.2 Å². The zero-order chi connectivity index (χ0) is 11.9. The second-order valence-corrected chi connectivity index (χ2v) is 5.98. The third-order valence-electron chi connectivity index (χ3n) is 2.73. The fourth-order valence-electron chi connectivity index (χ4n) is 1.67. The third kappa shape index (κ3) is 2.54. The van der Waals surface area contributed by atoms with Crippen LogP contribution in [0.4, 0.5) is 0 Å². The smallest absolute Gasteiger partial charge is 0.235 e. The van der Waals surface area contributed by atoms with Crippen LogP contribution in [0.3, 0.4) is 0 Å². The lowest BCUT2D eigenvalue weighted by Crippen LogP contribution is -2.40. The minimum atomic E-state index is -0.524. The Labute approximate surface area is 96.6 Å². The predicted molar refractivity (Wildman–Crippen MR) is 62.8 cm³/mol. The van der Waals surface area contributed by atoms with E-state index in [1.165, 1.54) is 4.90 Å². The van der Waals surface area contributed by atoms with E-state index in [4.69, 9.17) is 0 Å². The van der Waals surface area contributed by atoms with Crippen molar-refractivity contribution in [2.45, 2.75) is 34.1 Å². The van der Waals surface area contributed by atoms with Gasteiger partial charge in [-0.05, 0) is 11.2 Å². The number of rotatable bonds is 3. The molecule has 4 heteroatoms. The Morgan fingerprint density at radius 3 is 2.27 bits per heavy atom. The van der Waals surface area contributed by atoms with Crippen molar-refractivity contribution in [1.82, 2.24) is 4.90 Å². The normalized spacial score (nSPS) is 21.3. The molecule has 0 bridgehead atoms. The molecule has 0 aromatic heterocycles. The van der Waals surface area contributed by atoms with Crippen LogP contribution in [-0.2, 0) is 9.59 Å². The van der Waals surface area contributed by atoms with Crippen molar-refractivity contribution >= 4 is 24.4 Å². The van der Waals surface area contributed by atoms with E-state index in [0.717, 1.165) is 0 Å². The van der Waals surface area contributed by atoms with Crippen LogP contribution in [0, 0.1) is 10.8 Å². The first-order chi connectivity index (χ1) is 6.69. The Morgan fingerprint density at radius 2 is 1.93 bits per heavy atom. The van der Waals surface area contributed by atoms with Crippen molar-refractivity contribution in [1.29, 1.82) is 0 Å². The summed E-state index contributed by atoms with van der Waals surface area (Å²) in [5.41, 5.74) is -0.640. The Morgan fingerprint density at radius 1 is 1.40 bits per heavy atom. The molecule has 3 nitrogen and oxygen atoms in total. The van der Waals surface area contributed by atoms with Crippen molar-refractivity contribution < 1.29 is 9.59 Å². The van der Waals surface area contributed by atoms with E-state index >= 15 is 0 Å². The molecule has 0 unspecified atom stereocenters. The van der Waals surface area contributed by atoms with Gasteiger partial charge in [0.2, 0.25) is 11.8 Å². The molecule has 1 aliphatic heterocycles. The van der Waals surface area contributed by atoms with Crippen LogP contribution < -0.4 is 0 Å². The van der Waals surface area contributed by atoms with Gasteiger partial charge in [0.1, 0.15) is 0 Å². The number of nitrogens with zero attached hydrogens (tertiary/aromatic N) is 1. The molecule has 0 spiro atoms. The third-order valence-corrected chi connectivity index (χ3v) is 3.59. The van der Waals surface area contributed by atoms with Gasteiger partial charge >= 0.3 is 0 Å². The largest absolute Gasteiger partial charge is 0.282 e. The maximum absolute atomic E-state index is 11.9. The number of imide groups is 1. The van der Waals surface area contributed by atoms with E-state index < -0.39 is 5.41 Å². The van der Waals surface area contributed by atoms with Gasteiger partial charge in [-0.15, -0.1) is 0 Å². The van der Waals surface area contributed by atoms with E-state index in [0.29, 0.717) is 18.7 Å². The van der Waals surface area contributed by atoms with Gasteiger partial charge in [0.25, 0.3) is 0 Å². The molecule has 0 N–H and O–H groups in total. The number of amides is 2. The average Bonchev–Trinajstić information content (AvgIpc) is 2.28. The SMILES string of the molecule is CC(C)(CS)CN1C(=O)CC(C)(C)C1=O. The van der Waals surface area contributed by atoms with Crippen LogP contribution in [-0.4, -0.2) is 29.0 Å². The molecule has 0 aromatic rings. The summed E-state index contributed by atoms with van der Waals surface area (Å²) in [6.07, 6.45) is 0.328. The molecule has 0 atom stereocenters. The molecule has 0 saturated carbocycles. The average molecular weight is 229 g/mol. The molecule has 2 amide bonds. The lowest BCUT2D eigenvalue weighted by molar-refractivity contribution is -0.142. The van der Waals surface area contributed by atoms with Gasteiger partial charge in [0.05, 0.1) is 5.41 Å². The summed E-state index contributed by atoms with van der Waals surface area (Å²) >= 11 is 4.23. The highest BCUT2D eigenvalue weighted by atomic mass is 32.1. The summed E-state index contributed by atoms with van der Waals surface area (Å²) in [5, 5.41) is 0. The van der Waals surface area contributed by atoms with E-state index in [1.54, 1.807) is 0 Å². The Hall–Kier alpha value is -0.510. The highest BCUT2D eigenvalue weighted by Gasteiger charge is 2.45. The molecule has 1 heterocycles. The fraction of sp³-hybridized carbons (Fsp3) is 0.818. The van der Waals surface area contributed by atoms with Crippen molar-refractivity contribution in [3.63, 3.8) is 0 Å². The molecule has 0 aliphatic carbocycles. The second kappa shape index (κ2) is 3.81. The second-order valence-electron chi connectivity index (χ2n) is 5.67. The maximum atomic E-state index is 11.9. The van der Waals surface area contributed by atoms with Crippen LogP contribution in [0.2, 0.25) is 0 Å². The first-order valence-corrected chi connectivity index (χ1v) is 5.78. The van der Waals surface area contributed by atoms with Crippen molar-refractivity contribution in [2.24, 2.45) is 10.8 Å². The van der Waals surface area contributed by atoms with Gasteiger partial charge in [0.15, 0.2) is 0 Å². The van der Waals surface area contributed by atoms with E-state index in [1.807, 2.05) is 27.7 Å². The van der Waals surface area contributed by atoms with E-state index in [9.17, 15) is 9.59 Å². The molecule has 86 valence electrons. The number of carbonyl (C=O) groups is 2. The summed E-state index contributed by atoms with van der Waals surface area (Å²) in [7, 11) is 0. The van der Waals surface area contributed by atoms with Crippen molar-refractivity contribution in [3.8, 4) is 0 Å². The molecular weight excluding hydrogens is 210 g/mol. The topological polar surface area (TPSA) is 37.4 Å². The summed E-state index contributed by atoms with van der Waals surface area (Å²) < 4.78 is 0. The molecule has 1 saturated heterocycles.